The van der Waals surface area contributed by atoms with E-state index in [0.717, 1.165) is 30.1 Å². The second-order valence-electron chi connectivity index (χ2n) is 7.36. The smallest absolute Gasteiger partial charge is 0.233 e. The molecule has 7 nitrogen and oxygen atoms in total. The third kappa shape index (κ3) is 3.38. The maximum atomic E-state index is 12.7. The van der Waals surface area contributed by atoms with E-state index in [1.807, 2.05) is 6.92 Å². The van der Waals surface area contributed by atoms with Crippen molar-refractivity contribution >= 4 is 29.1 Å². The number of allylic oxidation sites excluding steroid dienone is 2. The van der Waals surface area contributed by atoms with Gasteiger partial charge in [0, 0.05) is 38.5 Å². The summed E-state index contributed by atoms with van der Waals surface area (Å²) in [5.74, 6) is 0.966. The standard InChI is InChI=1S/C19H25N5O2S/c1-11-23-14(10-27-11)5-6-21-19(20-2)22-7-8-24-17(25)15-12-3-4-13(9-12)16(15)18(24)26/h3-4,10,12-13,15-16H,5-9H2,1-2H3,(H2,20,21,22). The minimum atomic E-state index is -0.119. The maximum Gasteiger partial charge on any atom is 0.233 e. The molecule has 8 heteroatoms. The van der Waals surface area contributed by atoms with Gasteiger partial charge in [-0.25, -0.2) is 4.98 Å². The molecule has 2 aliphatic carbocycles. The molecular weight excluding hydrogens is 362 g/mol. The summed E-state index contributed by atoms with van der Waals surface area (Å²) in [6, 6.07) is 0. The van der Waals surface area contributed by atoms with Gasteiger partial charge in [0.15, 0.2) is 5.96 Å². The number of fused-ring (bicyclic) bond motifs is 5. The minimum Gasteiger partial charge on any atom is -0.356 e. The summed E-state index contributed by atoms with van der Waals surface area (Å²) < 4.78 is 0. The fraction of sp³-hybridized carbons (Fsp3) is 0.579. The van der Waals surface area contributed by atoms with Crippen LogP contribution in [0.2, 0.25) is 0 Å². The molecule has 144 valence electrons. The number of amides is 2. The molecular formula is C19H25N5O2S. The number of imide groups is 1. The number of carbonyl (C=O) groups excluding carboxylic acids is 2. The van der Waals surface area contributed by atoms with Crippen LogP contribution in [0.5, 0.6) is 0 Å². The molecule has 2 amide bonds. The van der Waals surface area contributed by atoms with E-state index in [1.165, 1.54) is 4.90 Å². The number of hydrogen-bond acceptors (Lipinski definition) is 5. The Balaban J connectivity index is 1.23. The lowest BCUT2D eigenvalue weighted by Gasteiger charge is -2.18. The number of rotatable bonds is 6. The van der Waals surface area contributed by atoms with Crippen molar-refractivity contribution in [3.05, 3.63) is 28.2 Å². The van der Waals surface area contributed by atoms with Crippen molar-refractivity contribution in [2.24, 2.45) is 28.7 Å². The van der Waals surface area contributed by atoms with Gasteiger partial charge in [-0.05, 0) is 25.2 Å². The number of guanidine groups is 1. The van der Waals surface area contributed by atoms with Gasteiger partial charge >= 0.3 is 0 Å². The van der Waals surface area contributed by atoms with Crippen molar-refractivity contribution in [3.8, 4) is 0 Å². The zero-order valence-electron chi connectivity index (χ0n) is 15.6. The molecule has 1 aliphatic heterocycles. The second-order valence-corrected chi connectivity index (χ2v) is 8.42. The van der Waals surface area contributed by atoms with Gasteiger partial charge in [0.05, 0.1) is 22.5 Å². The summed E-state index contributed by atoms with van der Waals surface area (Å²) in [6.07, 6.45) is 6.03. The predicted octanol–water partition coefficient (Wildman–Crippen LogP) is 0.966. The number of aromatic nitrogens is 1. The Morgan fingerprint density at radius 1 is 1.22 bits per heavy atom. The Labute approximate surface area is 163 Å². The molecule has 0 aromatic carbocycles. The van der Waals surface area contributed by atoms with Crippen LogP contribution in [0, 0.1) is 30.6 Å². The molecule has 4 unspecified atom stereocenters. The Morgan fingerprint density at radius 2 is 1.89 bits per heavy atom. The molecule has 2 fully saturated rings. The topological polar surface area (TPSA) is 86.7 Å². The van der Waals surface area contributed by atoms with Gasteiger partial charge in [-0.2, -0.15) is 0 Å². The molecule has 2 heterocycles. The zero-order valence-corrected chi connectivity index (χ0v) is 16.5. The molecule has 27 heavy (non-hydrogen) atoms. The highest BCUT2D eigenvalue weighted by Gasteiger charge is 2.58. The maximum absolute atomic E-state index is 12.7. The van der Waals surface area contributed by atoms with Crippen LogP contribution in [0.25, 0.3) is 0 Å². The fourth-order valence-corrected chi connectivity index (χ4v) is 5.17. The number of thiazole rings is 1. The zero-order chi connectivity index (χ0) is 19.0. The van der Waals surface area contributed by atoms with Crippen LogP contribution in [0.3, 0.4) is 0 Å². The largest absolute Gasteiger partial charge is 0.356 e. The van der Waals surface area contributed by atoms with E-state index < -0.39 is 0 Å². The molecule has 0 radical (unpaired) electrons. The van der Waals surface area contributed by atoms with Crippen LogP contribution in [0.15, 0.2) is 22.5 Å². The molecule has 1 aromatic heterocycles. The second kappa shape index (κ2) is 7.42. The summed E-state index contributed by atoms with van der Waals surface area (Å²) >= 11 is 1.65. The molecule has 2 bridgehead atoms. The molecule has 1 saturated heterocycles. The summed E-state index contributed by atoms with van der Waals surface area (Å²) in [5, 5.41) is 9.57. The lowest BCUT2D eigenvalue weighted by molar-refractivity contribution is -0.140. The highest BCUT2D eigenvalue weighted by Crippen LogP contribution is 2.52. The summed E-state index contributed by atoms with van der Waals surface area (Å²) in [5.41, 5.74) is 1.07. The van der Waals surface area contributed by atoms with E-state index in [-0.39, 0.29) is 35.5 Å². The quantitative estimate of drug-likeness (QED) is 0.329. The number of aliphatic imine (C=N–C) groups is 1. The third-order valence-corrected chi connectivity index (χ3v) is 6.58. The highest BCUT2D eigenvalue weighted by atomic mass is 32.1. The monoisotopic (exact) mass is 387 g/mol. The van der Waals surface area contributed by atoms with E-state index in [0.29, 0.717) is 19.0 Å². The van der Waals surface area contributed by atoms with Crippen LogP contribution in [-0.2, 0) is 16.0 Å². The molecule has 1 saturated carbocycles. The first-order valence-electron chi connectivity index (χ1n) is 9.47. The lowest BCUT2D eigenvalue weighted by Crippen LogP contribution is -2.44. The van der Waals surface area contributed by atoms with Crippen molar-refractivity contribution in [2.75, 3.05) is 26.7 Å². The fourth-order valence-electron chi connectivity index (χ4n) is 4.52. The Hall–Kier alpha value is -2.22. The van der Waals surface area contributed by atoms with E-state index >= 15 is 0 Å². The number of aryl methyl sites for hydroxylation is 1. The Bertz CT molecular complexity index is 772. The third-order valence-electron chi connectivity index (χ3n) is 5.75. The molecule has 4 rings (SSSR count). The van der Waals surface area contributed by atoms with Gasteiger partial charge in [0.2, 0.25) is 11.8 Å². The molecule has 1 aromatic rings. The average molecular weight is 388 g/mol. The van der Waals surface area contributed by atoms with Gasteiger partial charge in [-0.3, -0.25) is 19.5 Å². The van der Waals surface area contributed by atoms with E-state index in [1.54, 1.807) is 18.4 Å². The Kier molecular flexibility index (Phi) is 4.99. The number of hydrogen-bond donors (Lipinski definition) is 2. The number of nitrogens with zero attached hydrogens (tertiary/aromatic N) is 3. The average Bonchev–Trinajstić information content (AvgIpc) is 3.41. The van der Waals surface area contributed by atoms with E-state index in [9.17, 15) is 9.59 Å². The van der Waals surface area contributed by atoms with Crippen molar-refractivity contribution in [3.63, 3.8) is 0 Å². The van der Waals surface area contributed by atoms with Gasteiger partial charge in [0.25, 0.3) is 0 Å². The summed E-state index contributed by atoms with van der Waals surface area (Å²) in [7, 11) is 1.71. The summed E-state index contributed by atoms with van der Waals surface area (Å²) in [6.45, 7) is 3.60. The molecule has 2 N–H and O–H groups in total. The van der Waals surface area contributed by atoms with Gasteiger partial charge in [0.1, 0.15) is 0 Å². The predicted molar refractivity (Wildman–Crippen MR) is 104 cm³/mol. The number of carbonyl (C=O) groups is 2. The van der Waals surface area contributed by atoms with Crippen molar-refractivity contribution in [1.29, 1.82) is 0 Å². The van der Waals surface area contributed by atoms with Crippen LogP contribution >= 0.6 is 11.3 Å². The first kappa shape index (κ1) is 18.2. The van der Waals surface area contributed by atoms with E-state index in [4.69, 9.17) is 0 Å². The minimum absolute atomic E-state index is 0.00509. The van der Waals surface area contributed by atoms with Gasteiger partial charge in [-0.1, -0.05) is 12.2 Å². The van der Waals surface area contributed by atoms with Crippen LogP contribution in [0.4, 0.5) is 0 Å². The lowest BCUT2D eigenvalue weighted by atomic mass is 9.85. The Morgan fingerprint density at radius 3 is 2.48 bits per heavy atom. The first-order valence-corrected chi connectivity index (χ1v) is 10.4. The first-order chi connectivity index (χ1) is 13.1. The molecule has 3 aliphatic rings. The van der Waals surface area contributed by atoms with Crippen LogP contribution < -0.4 is 10.6 Å². The summed E-state index contributed by atoms with van der Waals surface area (Å²) in [4.78, 5) is 35.4. The van der Waals surface area contributed by atoms with Crippen molar-refractivity contribution in [1.82, 2.24) is 20.5 Å². The van der Waals surface area contributed by atoms with E-state index in [2.05, 4.69) is 38.1 Å². The SMILES string of the molecule is CN=C(NCCc1csc(C)n1)NCCN1C(=O)C2C3C=CC(C3)C2C1=O. The van der Waals surface area contributed by atoms with Gasteiger partial charge < -0.3 is 10.6 Å². The van der Waals surface area contributed by atoms with Crippen molar-refractivity contribution < 1.29 is 9.59 Å². The van der Waals surface area contributed by atoms with Gasteiger partial charge in [-0.15, -0.1) is 11.3 Å². The normalized spacial score (nSPS) is 29.0. The molecule has 4 atom stereocenters. The number of likely N-dealkylation sites (tertiary alicyclic amines) is 1. The van der Waals surface area contributed by atoms with Crippen molar-refractivity contribution in [2.45, 2.75) is 19.8 Å². The van der Waals surface area contributed by atoms with Crippen LogP contribution in [-0.4, -0.2) is 54.3 Å². The van der Waals surface area contributed by atoms with Crippen LogP contribution in [0.1, 0.15) is 17.1 Å². The molecule has 0 spiro atoms. The number of nitrogens with one attached hydrogen (secondary N) is 2. The highest BCUT2D eigenvalue weighted by molar-refractivity contribution is 7.09.